The molecule has 116 valence electrons. The lowest BCUT2D eigenvalue weighted by Crippen LogP contribution is -2.32. The van der Waals surface area contributed by atoms with E-state index in [4.69, 9.17) is 4.74 Å². The molecule has 5 heteroatoms. The number of nitrogens with one attached hydrogen (secondary N) is 1. The van der Waals surface area contributed by atoms with Crippen molar-refractivity contribution < 1.29 is 14.3 Å². The number of likely N-dealkylation sites (N-methyl/N-ethyl adjacent to an activating group) is 1. The zero-order valence-electron chi connectivity index (χ0n) is 13.0. The third-order valence-corrected chi connectivity index (χ3v) is 3.06. The number of nitrogens with zero attached hydrogens (tertiary/aromatic N) is 1. The summed E-state index contributed by atoms with van der Waals surface area (Å²) in [5.74, 6) is -0.328. The van der Waals surface area contributed by atoms with Crippen LogP contribution in [0.25, 0.3) is 0 Å². The van der Waals surface area contributed by atoms with Crippen molar-refractivity contribution in [1.29, 1.82) is 0 Å². The number of carbonyl (C=O) groups excluding carboxylic acids is 2. The lowest BCUT2D eigenvalue weighted by Gasteiger charge is -2.15. The van der Waals surface area contributed by atoms with Crippen LogP contribution in [-0.2, 0) is 20.7 Å². The summed E-state index contributed by atoms with van der Waals surface area (Å²) >= 11 is 0. The Balaban J connectivity index is 2.33. The molecule has 0 saturated carbocycles. The van der Waals surface area contributed by atoms with Crippen molar-refractivity contribution in [3.8, 4) is 0 Å². The average molecular weight is 292 g/mol. The molecule has 1 N–H and O–H groups in total. The van der Waals surface area contributed by atoms with Gasteiger partial charge in [-0.25, -0.2) is 0 Å². The van der Waals surface area contributed by atoms with Gasteiger partial charge in [0.1, 0.15) is 0 Å². The van der Waals surface area contributed by atoms with E-state index in [9.17, 15) is 9.59 Å². The first-order valence-corrected chi connectivity index (χ1v) is 7.28. The highest BCUT2D eigenvalue weighted by Crippen LogP contribution is 2.09. The number of rotatable bonds is 8. The number of hydrogen-bond donors (Lipinski definition) is 1. The molecule has 0 saturated heterocycles. The molecule has 0 heterocycles. The van der Waals surface area contributed by atoms with Gasteiger partial charge < -0.3 is 10.1 Å². The number of aryl methyl sites for hydroxylation is 1. The predicted molar refractivity (Wildman–Crippen MR) is 83.2 cm³/mol. The maximum absolute atomic E-state index is 11.9. The van der Waals surface area contributed by atoms with Crippen molar-refractivity contribution in [2.24, 2.45) is 0 Å². The van der Waals surface area contributed by atoms with Crippen LogP contribution in [0.5, 0.6) is 0 Å². The van der Waals surface area contributed by atoms with Crippen molar-refractivity contribution in [1.82, 2.24) is 4.90 Å². The minimum atomic E-state index is -0.236. The molecule has 5 nitrogen and oxygen atoms in total. The third-order valence-electron chi connectivity index (χ3n) is 3.06. The minimum absolute atomic E-state index is 0.0920. The largest absolute Gasteiger partial charge is 0.466 e. The van der Waals surface area contributed by atoms with Crippen LogP contribution in [0.2, 0.25) is 0 Å². The number of carbonyl (C=O) groups is 2. The molecule has 1 aromatic rings. The molecule has 0 aliphatic heterocycles. The molecular weight excluding hydrogens is 268 g/mol. The number of anilines is 1. The Hall–Kier alpha value is -1.88. The van der Waals surface area contributed by atoms with Crippen LogP contribution in [0.1, 0.15) is 25.8 Å². The van der Waals surface area contributed by atoms with E-state index in [-0.39, 0.29) is 18.4 Å². The Labute approximate surface area is 126 Å². The van der Waals surface area contributed by atoms with Gasteiger partial charge in [0, 0.05) is 12.2 Å². The Kier molecular flexibility index (Phi) is 7.46. The third kappa shape index (κ3) is 6.90. The van der Waals surface area contributed by atoms with Crippen molar-refractivity contribution in [2.75, 3.05) is 32.1 Å². The lowest BCUT2D eigenvalue weighted by atomic mass is 10.1. The fourth-order valence-electron chi connectivity index (χ4n) is 1.86. The molecule has 0 aromatic heterocycles. The average Bonchev–Trinajstić information content (AvgIpc) is 2.46. The van der Waals surface area contributed by atoms with Gasteiger partial charge >= 0.3 is 5.97 Å². The summed E-state index contributed by atoms with van der Waals surface area (Å²) in [5.41, 5.74) is 2.02. The van der Waals surface area contributed by atoms with E-state index in [0.717, 1.165) is 12.1 Å². The SMILES string of the molecule is CCOC(=O)CCN(C)CC(=O)Nc1ccc(CC)cc1. The summed E-state index contributed by atoms with van der Waals surface area (Å²) in [5, 5.41) is 2.84. The Morgan fingerprint density at radius 2 is 1.86 bits per heavy atom. The van der Waals surface area contributed by atoms with Gasteiger partial charge in [-0.15, -0.1) is 0 Å². The first-order chi connectivity index (χ1) is 10.0. The quantitative estimate of drug-likeness (QED) is 0.745. The van der Waals surface area contributed by atoms with Gasteiger partial charge in [0.25, 0.3) is 0 Å². The van der Waals surface area contributed by atoms with Gasteiger partial charge in [-0.05, 0) is 38.1 Å². The van der Waals surface area contributed by atoms with Crippen LogP contribution in [0.15, 0.2) is 24.3 Å². The molecule has 21 heavy (non-hydrogen) atoms. The molecule has 1 aromatic carbocycles. The normalized spacial score (nSPS) is 10.5. The molecule has 0 aliphatic rings. The van der Waals surface area contributed by atoms with Crippen LogP contribution in [0.4, 0.5) is 5.69 Å². The van der Waals surface area contributed by atoms with Crippen molar-refractivity contribution in [2.45, 2.75) is 26.7 Å². The van der Waals surface area contributed by atoms with E-state index in [0.29, 0.717) is 19.6 Å². The highest BCUT2D eigenvalue weighted by Gasteiger charge is 2.09. The summed E-state index contributed by atoms with van der Waals surface area (Å²) in [7, 11) is 1.80. The zero-order chi connectivity index (χ0) is 15.7. The van der Waals surface area contributed by atoms with E-state index in [1.165, 1.54) is 5.56 Å². The van der Waals surface area contributed by atoms with Crippen molar-refractivity contribution >= 4 is 17.6 Å². The number of amides is 1. The second-order valence-corrected chi connectivity index (χ2v) is 4.89. The summed E-state index contributed by atoms with van der Waals surface area (Å²) in [4.78, 5) is 24.9. The van der Waals surface area contributed by atoms with Crippen molar-refractivity contribution in [3.63, 3.8) is 0 Å². The number of ether oxygens (including phenoxy) is 1. The Morgan fingerprint density at radius 1 is 1.19 bits per heavy atom. The summed E-state index contributed by atoms with van der Waals surface area (Å²) in [6, 6.07) is 7.80. The summed E-state index contributed by atoms with van der Waals surface area (Å²) < 4.78 is 4.85. The minimum Gasteiger partial charge on any atom is -0.466 e. The molecule has 0 atom stereocenters. The van der Waals surface area contributed by atoms with E-state index in [1.807, 2.05) is 24.3 Å². The molecule has 0 radical (unpaired) electrons. The lowest BCUT2D eigenvalue weighted by molar-refractivity contribution is -0.143. The number of esters is 1. The van der Waals surface area contributed by atoms with Gasteiger partial charge in [-0.2, -0.15) is 0 Å². The standard InChI is InChI=1S/C16H24N2O3/c1-4-13-6-8-14(9-7-13)17-15(19)12-18(3)11-10-16(20)21-5-2/h6-9H,4-5,10-12H2,1-3H3,(H,17,19). The van der Waals surface area contributed by atoms with Crippen LogP contribution in [-0.4, -0.2) is 43.5 Å². The summed E-state index contributed by atoms with van der Waals surface area (Å²) in [6.45, 7) is 5.00. The van der Waals surface area contributed by atoms with Crippen LogP contribution < -0.4 is 5.32 Å². The highest BCUT2D eigenvalue weighted by molar-refractivity contribution is 5.92. The molecule has 1 amide bonds. The molecular formula is C16H24N2O3. The summed E-state index contributed by atoms with van der Waals surface area (Å²) in [6.07, 6.45) is 1.27. The molecule has 0 bridgehead atoms. The van der Waals surface area contributed by atoms with E-state index in [2.05, 4.69) is 12.2 Å². The number of benzene rings is 1. The zero-order valence-corrected chi connectivity index (χ0v) is 13.0. The monoisotopic (exact) mass is 292 g/mol. The van der Waals surface area contributed by atoms with Crippen LogP contribution in [0.3, 0.4) is 0 Å². The predicted octanol–water partition coefficient (Wildman–Crippen LogP) is 2.07. The molecule has 0 aliphatic carbocycles. The Morgan fingerprint density at radius 3 is 2.43 bits per heavy atom. The van der Waals surface area contributed by atoms with E-state index < -0.39 is 0 Å². The molecule has 0 fully saturated rings. The smallest absolute Gasteiger partial charge is 0.307 e. The van der Waals surface area contributed by atoms with Gasteiger partial charge in [0.05, 0.1) is 19.6 Å². The maximum Gasteiger partial charge on any atom is 0.307 e. The second-order valence-electron chi connectivity index (χ2n) is 4.89. The van der Waals surface area contributed by atoms with Crippen molar-refractivity contribution in [3.05, 3.63) is 29.8 Å². The Bertz CT molecular complexity index is 457. The first-order valence-electron chi connectivity index (χ1n) is 7.28. The van der Waals surface area contributed by atoms with Gasteiger partial charge in [0.2, 0.25) is 5.91 Å². The van der Waals surface area contributed by atoms with E-state index >= 15 is 0 Å². The topological polar surface area (TPSA) is 58.6 Å². The first kappa shape index (κ1) is 17.2. The maximum atomic E-state index is 11.9. The van der Waals surface area contributed by atoms with Gasteiger partial charge in [-0.1, -0.05) is 19.1 Å². The fraction of sp³-hybridized carbons (Fsp3) is 0.500. The van der Waals surface area contributed by atoms with Gasteiger partial charge in [-0.3, -0.25) is 14.5 Å². The van der Waals surface area contributed by atoms with Gasteiger partial charge in [0.15, 0.2) is 0 Å². The van der Waals surface area contributed by atoms with Crippen LogP contribution in [0, 0.1) is 0 Å². The molecule has 1 rings (SSSR count). The second kappa shape index (κ2) is 9.13. The number of hydrogen-bond acceptors (Lipinski definition) is 4. The fourth-order valence-corrected chi connectivity index (χ4v) is 1.86. The van der Waals surface area contributed by atoms with E-state index in [1.54, 1.807) is 18.9 Å². The molecule has 0 unspecified atom stereocenters. The van der Waals surface area contributed by atoms with Crippen LogP contribution >= 0.6 is 0 Å². The highest BCUT2D eigenvalue weighted by atomic mass is 16.5. The molecule has 0 spiro atoms.